The number of thioether (sulfide) groups is 1. The number of benzene rings is 1. The van der Waals surface area contributed by atoms with Gasteiger partial charge in [0.25, 0.3) is 0 Å². The summed E-state index contributed by atoms with van der Waals surface area (Å²) in [5, 5.41) is 8.78. The number of carboxylic acid groups (broad SMARTS) is 1. The first-order valence-electron chi connectivity index (χ1n) is 6.03. The highest BCUT2D eigenvalue weighted by Gasteiger charge is 2.34. The quantitative estimate of drug-likeness (QED) is 0.899. The standard InChI is InChI=1S/C12H13ClFNO4S2/c1-15(8-2-3-20-6-8)21(18,19)10-5-7(13)4-9(11(10)14)12(16)17/h4-5,8H,2-3,6H2,1H3,(H,16,17). The van der Waals surface area contributed by atoms with Crippen molar-refractivity contribution in [2.24, 2.45) is 0 Å². The number of halogens is 2. The van der Waals surface area contributed by atoms with Crippen LogP contribution in [0.1, 0.15) is 16.8 Å². The molecule has 1 saturated heterocycles. The van der Waals surface area contributed by atoms with Gasteiger partial charge < -0.3 is 5.11 Å². The van der Waals surface area contributed by atoms with Crippen molar-refractivity contribution in [1.82, 2.24) is 4.31 Å². The van der Waals surface area contributed by atoms with Gasteiger partial charge in [-0.05, 0) is 24.3 Å². The molecule has 9 heteroatoms. The fourth-order valence-electron chi connectivity index (χ4n) is 2.07. The van der Waals surface area contributed by atoms with Crippen LogP contribution in [0.5, 0.6) is 0 Å². The Morgan fingerprint density at radius 2 is 2.19 bits per heavy atom. The molecular weight excluding hydrogens is 341 g/mol. The second-order valence-corrected chi connectivity index (χ2v) is 8.16. The Kier molecular flexibility index (Phi) is 4.82. The Hall–Kier alpha value is -0.830. The van der Waals surface area contributed by atoms with Crippen molar-refractivity contribution in [2.45, 2.75) is 17.4 Å². The fraction of sp³-hybridized carbons (Fsp3) is 0.417. The van der Waals surface area contributed by atoms with Gasteiger partial charge in [0.15, 0.2) is 5.82 Å². The first-order chi connectivity index (χ1) is 9.75. The SMILES string of the molecule is CN(C1CCSC1)S(=O)(=O)c1cc(Cl)cc(C(=O)O)c1F. The molecule has 0 saturated carbocycles. The molecule has 116 valence electrons. The molecule has 1 N–H and O–H groups in total. The second-order valence-electron chi connectivity index (χ2n) is 4.61. The van der Waals surface area contributed by atoms with E-state index in [4.69, 9.17) is 16.7 Å². The van der Waals surface area contributed by atoms with Crippen molar-refractivity contribution in [3.8, 4) is 0 Å². The molecule has 0 spiro atoms. The highest BCUT2D eigenvalue weighted by atomic mass is 35.5. The zero-order valence-corrected chi connectivity index (χ0v) is 13.4. The van der Waals surface area contributed by atoms with Crippen LogP contribution >= 0.6 is 23.4 Å². The lowest BCUT2D eigenvalue weighted by Crippen LogP contribution is -2.37. The van der Waals surface area contributed by atoms with Crippen LogP contribution in [0.2, 0.25) is 5.02 Å². The summed E-state index contributed by atoms with van der Waals surface area (Å²) in [6, 6.07) is 1.60. The number of hydrogen-bond acceptors (Lipinski definition) is 4. The number of carbonyl (C=O) groups is 1. The van der Waals surface area contributed by atoms with Gasteiger partial charge in [-0.3, -0.25) is 0 Å². The smallest absolute Gasteiger partial charge is 0.338 e. The van der Waals surface area contributed by atoms with Crippen LogP contribution in [0.3, 0.4) is 0 Å². The molecule has 2 rings (SSSR count). The molecular formula is C12H13ClFNO4S2. The zero-order chi connectivity index (χ0) is 15.8. The van der Waals surface area contributed by atoms with E-state index in [9.17, 15) is 17.6 Å². The minimum absolute atomic E-state index is 0.137. The van der Waals surface area contributed by atoms with Crippen LogP contribution in [0, 0.1) is 5.82 Å². The Bertz CT molecular complexity index is 674. The summed E-state index contributed by atoms with van der Waals surface area (Å²) in [7, 11) is -2.77. The molecule has 0 bridgehead atoms. The summed E-state index contributed by atoms with van der Waals surface area (Å²) >= 11 is 7.34. The molecule has 1 fully saturated rings. The third-order valence-electron chi connectivity index (χ3n) is 3.31. The van der Waals surface area contributed by atoms with Gasteiger partial charge in [0, 0.05) is 23.9 Å². The van der Waals surface area contributed by atoms with E-state index in [0.717, 1.165) is 22.2 Å². The van der Waals surface area contributed by atoms with Crippen molar-refractivity contribution in [3.63, 3.8) is 0 Å². The van der Waals surface area contributed by atoms with Gasteiger partial charge in [-0.25, -0.2) is 17.6 Å². The molecule has 1 aliphatic rings. The maximum absolute atomic E-state index is 14.2. The van der Waals surface area contributed by atoms with Crippen molar-refractivity contribution < 1.29 is 22.7 Å². The van der Waals surface area contributed by atoms with Gasteiger partial charge in [-0.2, -0.15) is 16.1 Å². The number of nitrogens with zero attached hydrogens (tertiary/aromatic N) is 1. The van der Waals surface area contributed by atoms with E-state index in [0.29, 0.717) is 12.2 Å². The lowest BCUT2D eigenvalue weighted by molar-refractivity contribution is 0.0691. The molecule has 1 aromatic rings. The van der Waals surface area contributed by atoms with Gasteiger partial charge in [-0.1, -0.05) is 11.6 Å². The van der Waals surface area contributed by atoms with Crippen molar-refractivity contribution in [2.75, 3.05) is 18.6 Å². The maximum atomic E-state index is 14.2. The van der Waals surface area contributed by atoms with Crippen LogP contribution in [0.25, 0.3) is 0 Å². The Morgan fingerprint density at radius 3 is 2.71 bits per heavy atom. The Morgan fingerprint density at radius 1 is 1.52 bits per heavy atom. The average molecular weight is 354 g/mol. The summed E-state index contributed by atoms with van der Waals surface area (Å²) in [6.45, 7) is 0. The predicted molar refractivity (Wildman–Crippen MR) is 79.0 cm³/mol. The summed E-state index contributed by atoms with van der Waals surface area (Å²) in [5.41, 5.74) is -0.754. The van der Waals surface area contributed by atoms with E-state index in [1.807, 2.05) is 0 Å². The predicted octanol–water partition coefficient (Wildman–Crippen LogP) is 2.30. The third kappa shape index (κ3) is 3.18. The lowest BCUT2D eigenvalue weighted by atomic mass is 10.2. The molecule has 1 aliphatic heterocycles. The van der Waals surface area contributed by atoms with Crippen molar-refractivity contribution in [1.29, 1.82) is 0 Å². The van der Waals surface area contributed by atoms with Crippen LogP contribution < -0.4 is 0 Å². The van der Waals surface area contributed by atoms with E-state index in [2.05, 4.69) is 0 Å². The number of carboxylic acids is 1. The van der Waals surface area contributed by atoms with Gasteiger partial charge in [0.2, 0.25) is 10.0 Å². The van der Waals surface area contributed by atoms with Crippen LogP contribution in [0.4, 0.5) is 4.39 Å². The van der Waals surface area contributed by atoms with Crippen LogP contribution in [-0.2, 0) is 10.0 Å². The van der Waals surface area contributed by atoms with E-state index in [-0.39, 0.29) is 11.1 Å². The summed E-state index contributed by atoms with van der Waals surface area (Å²) in [6.07, 6.45) is 0.675. The monoisotopic (exact) mass is 353 g/mol. The van der Waals surface area contributed by atoms with E-state index in [1.54, 1.807) is 11.8 Å². The van der Waals surface area contributed by atoms with Gasteiger partial charge >= 0.3 is 5.97 Å². The largest absolute Gasteiger partial charge is 0.478 e. The molecule has 21 heavy (non-hydrogen) atoms. The molecule has 0 aliphatic carbocycles. The van der Waals surface area contributed by atoms with Gasteiger partial charge in [0.1, 0.15) is 4.90 Å². The zero-order valence-electron chi connectivity index (χ0n) is 11.0. The molecule has 0 aromatic heterocycles. The fourth-order valence-corrected chi connectivity index (χ4v) is 5.21. The Balaban J connectivity index is 2.51. The van der Waals surface area contributed by atoms with Crippen molar-refractivity contribution in [3.05, 3.63) is 28.5 Å². The van der Waals surface area contributed by atoms with Crippen LogP contribution in [-0.4, -0.2) is 48.4 Å². The maximum Gasteiger partial charge on any atom is 0.338 e. The third-order valence-corrected chi connectivity index (χ3v) is 6.58. The van der Waals surface area contributed by atoms with E-state index in [1.165, 1.54) is 7.05 Å². The molecule has 5 nitrogen and oxygen atoms in total. The highest BCUT2D eigenvalue weighted by Crippen LogP contribution is 2.30. The summed E-state index contributed by atoms with van der Waals surface area (Å²) in [5.74, 6) is -1.39. The Labute approximate surface area is 131 Å². The number of rotatable bonds is 4. The number of aromatic carboxylic acids is 1. The molecule has 0 radical (unpaired) electrons. The topological polar surface area (TPSA) is 74.7 Å². The minimum Gasteiger partial charge on any atom is -0.478 e. The van der Waals surface area contributed by atoms with Gasteiger partial charge in [-0.15, -0.1) is 0 Å². The summed E-state index contributed by atoms with van der Waals surface area (Å²) in [4.78, 5) is 10.3. The molecule has 0 amide bonds. The lowest BCUT2D eigenvalue weighted by Gasteiger charge is -2.23. The number of hydrogen-bond donors (Lipinski definition) is 1. The molecule has 1 atom stereocenters. The van der Waals surface area contributed by atoms with Crippen LogP contribution in [0.15, 0.2) is 17.0 Å². The van der Waals surface area contributed by atoms with E-state index >= 15 is 0 Å². The highest BCUT2D eigenvalue weighted by molar-refractivity contribution is 7.99. The molecule has 1 unspecified atom stereocenters. The van der Waals surface area contributed by atoms with Gasteiger partial charge in [0.05, 0.1) is 5.56 Å². The summed E-state index contributed by atoms with van der Waals surface area (Å²) < 4.78 is 40.3. The first-order valence-corrected chi connectivity index (χ1v) is 9.00. The van der Waals surface area contributed by atoms with Crippen molar-refractivity contribution >= 4 is 39.4 Å². The van der Waals surface area contributed by atoms with E-state index < -0.39 is 32.3 Å². The number of sulfonamides is 1. The second kappa shape index (κ2) is 6.12. The molecule has 1 aromatic carbocycles. The average Bonchev–Trinajstić information content (AvgIpc) is 2.93. The first kappa shape index (κ1) is 16.5. The normalized spacial score (nSPS) is 19.1. The minimum atomic E-state index is -4.13. The molecule has 1 heterocycles.